The van der Waals surface area contributed by atoms with Crippen LogP contribution in [0.15, 0.2) is 23.6 Å². The Balaban J connectivity index is 2.11. The lowest BCUT2D eigenvalue weighted by molar-refractivity contribution is 0.102. The number of aromatic nitrogens is 1. The predicted octanol–water partition coefficient (Wildman–Crippen LogP) is 2.01. The third-order valence-electron chi connectivity index (χ3n) is 2.81. The summed E-state index contributed by atoms with van der Waals surface area (Å²) in [4.78, 5) is 16.5. The molecule has 1 aromatic carbocycles. The van der Waals surface area contributed by atoms with E-state index in [1.165, 1.54) is 29.5 Å². The van der Waals surface area contributed by atoms with Crippen LogP contribution in [0.4, 0.5) is 5.13 Å². The quantitative estimate of drug-likeness (QED) is 0.714. The number of aromatic hydroxyl groups is 1. The monoisotopic (exact) mass is 338 g/mol. The van der Waals surface area contributed by atoms with Crippen LogP contribution in [-0.2, 0) is 11.3 Å². The minimum atomic E-state index is -0.441. The number of carbonyl (C=O) groups is 1. The molecule has 0 radical (unpaired) electrons. The van der Waals surface area contributed by atoms with Gasteiger partial charge in [-0.25, -0.2) is 4.98 Å². The topological polar surface area (TPSA) is 101 Å². The van der Waals surface area contributed by atoms with Crippen molar-refractivity contribution in [2.45, 2.75) is 19.6 Å². The average Bonchev–Trinajstić information content (AvgIpc) is 2.94. The molecule has 0 bridgehead atoms. The van der Waals surface area contributed by atoms with E-state index in [4.69, 9.17) is 14.6 Å². The number of nitrogens with one attached hydrogen (secondary N) is 1. The van der Waals surface area contributed by atoms with Crippen LogP contribution >= 0.6 is 11.3 Å². The standard InChI is InChI=1S/C15H18N2O5S/c1-9(6-18)22-13-4-10(3-12(19)5-13)14(20)17-15-16-11(7-21-2)8-23-15/h3-5,8-9,18-19H,6-7H2,1-2H3,(H,16,17,20)/t9-/m0/s1. The second-order valence-electron chi connectivity index (χ2n) is 4.86. The van der Waals surface area contributed by atoms with Crippen molar-refractivity contribution in [1.29, 1.82) is 0 Å². The Kier molecular flexibility index (Phi) is 5.91. The van der Waals surface area contributed by atoms with Gasteiger partial charge in [-0.15, -0.1) is 11.3 Å². The Morgan fingerprint density at radius 1 is 1.43 bits per heavy atom. The molecule has 124 valence electrons. The Labute approximate surface area is 137 Å². The highest BCUT2D eigenvalue weighted by molar-refractivity contribution is 7.13. The molecule has 0 saturated carbocycles. The van der Waals surface area contributed by atoms with E-state index in [0.717, 1.165) is 5.69 Å². The number of benzene rings is 1. The molecule has 1 atom stereocenters. The second-order valence-corrected chi connectivity index (χ2v) is 5.72. The van der Waals surface area contributed by atoms with Crippen LogP contribution in [0.2, 0.25) is 0 Å². The van der Waals surface area contributed by atoms with Gasteiger partial charge in [-0.1, -0.05) is 0 Å². The van der Waals surface area contributed by atoms with E-state index in [-0.39, 0.29) is 17.9 Å². The fraction of sp³-hybridized carbons (Fsp3) is 0.333. The molecular weight excluding hydrogens is 320 g/mol. The minimum Gasteiger partial charge on any atom is -0.508 e. The van der Waals surface area contributed by atoms with Crippen LogP contribution < -0.4 is 10.1 Å². The molecule has 2 aromatic rings. The van der Waals surface area contributed by atoms with Gasteiger partial charge >= 0.3 is 0 Å². The SMILES string of the molecule is COCc1csc(NC(=O)c2cc(O)cc(O[C@@H](C)CO)c2)n1. The van der Waals surface area contributed by atoms with Crippen LogP contribution in [0.3, 0.4) is 0 Å². The van der Waals surface area contributed by atoms with Crippen molar-refractivity contribution in [3.05, 3.63) is 34.8 Å². The Hall–Kier alpha value is -2.16. The number of phenolic OH excluding ortho intramolecular Hbond substituents is 1. The number of anilines is 1. The second kappa shape index (κ2) is 7.91. The Morgan fingerprint density at radius 2 is 2.22 bits per heavy atom. The number of thiazole rings is 1. The highest BCUT2D eigenvalue weighted by Crippen LogP contribution is 2.24. The molecule has 7 nitrogen and oxygen atoms in total. The summed E-state index contributed by atoms with van der Waals surface area (Å²) in [6, 6.07) is 4.20. The highest BCUT2D eigenvalue weighted by atomic mass is 32.1. The van der Waals surface area contributed by atoms with Gasteiger partial charge in [0.1, 0.15) is 17.6 Å². The zero-order valence-electron chi connectivity index (χ0n) is 12.8. The van der Waals surface area contributed by atoms with Gasteiger partial charge in [0.15, 0.2) is 5.13 Å². The van der Waals surface area contributed by atoms with Gasteiger partial charge in [-0.3, -0.25) is 10.1 Å². The first-order valence-electron chi connectivity index (χ1n) is 6.88. The van der Waals surface area contributed by atoms with Gasteiger partial charge in [-0.05, 0) is 19.1 Å². The molecule has 1 aromatic heterocycles. The maximum absolute atomic E-state index is 12.2. The van der Waals surface area contributed by atoms with Crippen molar-refractivity contribution >= 4 is 22.4 Å². The number of nitrogens with zero attached hydrogens (tertiary/aromatic N) is 1. The summed E-state index contributed by atoms with van der Waals surface area (Å²) < 4.78 is 10.4. The number of carbonyl (C=O) groups excluding carboxylic acids is 1. The average molecular weight is 338 g/mol. The number of hydrogen-bond donors (Lipinski definition) is 3. The highest BCUT2D eigenvalue weighted by Gasteiger charge is 2.13. The number of aliphatic hydroxyl groups is 1. The minimum absolute atomic E-state index is 0.1000. The normalized spacial score (nSPS) is 12.0. The van der Waals surface area contributed by atoms with Gasteiger partial charge in [-0.2, -0.15) is 0 Å². The van der Waals surface area contributed by atoms with Crippen molar-refractivity contribution in [1.82, 2.24) is 4.98 Å². The number of aliphatic hydroxyl groups excluding tert-OH is 1. The third-order valence-corrected chi connectivity index (χ3v) is 3.62. The molecule has 0 aliphatic heterocycles. The van der Waals surface area contributed by atoms with Gasteiger partial charge in [0, 0.05) is 24.1 Å². The smallest absolute Gasteiger partial charge is 0.257 e. The zero-order chi connectivity index (χ0) is 16.8. The first-order valence-corrected chi connectivity index (χ1v) is 7.76. The zero-order valence-corrected chi connectivity index (χ0v) is 13.6. The molecule has 3 N–H and O–H groups in total. The van der Waals surface area contributed by atoms with E-state index in [0.29, 0.717) is 17.5 Å². The maximum atomic E-state index is 12.2. The number of methoxy groups -OCH3 is 1. The molecule has 8 heteroatoms. The van der Waals surface area contributed by atoms with E-state index in [1.54, 1.807) is 19.4 Å². The van der Waals surface area contributed by atoms with Crippen LogP contribution in [0, 0.1) is 0 Å². The van der Waals surface area contributed by atoms with Crippen molar-refractivity contribution in [3.63, 3.8) is 0 Å². The summed E-state index contributed by atoms with van der Waals surface area (Å²) in [5.41, 5.74) is 0.957. The van der Waals surface area contributed by atoms with Crippen molar-refractivity contribution in [2.24, 2.45) is 0 Å². The number of ether oxygens (including phenoxy) is 2. The fourth-order valence-corrected chi connectivity index (χ4v) is 2.49. The fourth-order valence-electron chi connectivity index (χ4n) is 1.80. The number of amides is 1. The summed E-state index contributed by atoms with van der Waals surface area (Å²) >= 11 is 1.29. The van der Waals surface area contributed by atoms with Crippen LogP contribution in [0.1, 0.15) is 23.0 Å². The van der Waals surface area contributed by atoms with Gasteiger partial charge < -0.3 is 19.7 Å². The summed E-state index contributed by atoms with van der Waals surface area (Å²) in [5.74, 6) is -0.214. The largest absolute Gasteiger partial charge is 0.508 e. The number of rotatable bonds is 7. The lowest BCUT2D eigenvalue weighted by atomic mass is 10.2. The Morgan fingerprint density at radius 3 is 2.91 bits per heavy atom. The lowest BCUT2D eigenvalue weighted by Crippen LogP contribution is -2.17. The van der Waals surface area contributed by atoms with Crippen molar-refractivity contribution in [3.8, 4) is 11.5 Å². The molecule has 23 heavy (non-hydrogen) atoms. The van der Waals surface area contributed by atoms with E-state index in [2.05, 4.69) is 10.3 Å². The van der Waals surface area contributed by atoms with Gasteiger partial charge in [0.2, 0.25) is 0 Å². The molecule has 0 spiro atoms. The molecule has 0 saturated heterocycles. The van der Waals surface area contributed by atoms with Gasteiger partial charge in [0.05, 0.1) is 18.9 Å². The first-order chi connectivity index (χ1) is 11.0. The summed E-state index contributed by atoms with van der Waals surface area (Å²) in [7, 11) is 1.57. The first kappa shape index (κ1) is 17.2. The molecule has 2 rings (SSSR count). The maximum Gasteiger partial charge on any atom is 0.257 e. The van der Waals surface area contributed by atoms with Crippen molar-refractivity contribution < 1.29 is 24.5 Å². The molecule has 1 amide bonds. The number of hydrogen-bond acceptors (Lipinski definition) is 7. The van der Waals surface area contributed by atoms with E-state index in [1.807, 2.05) is 0 Å². The van der Waals surface area contributed by atoms with Gasteiger partial charge in [0.25, 0.3) is 5.91 Å². The molecular formula is C15H18N2O5S. The molecule has 1 heterocycles. The summed E-state index contributed by atoms with van der Waals surface area (Å²) in [6.07, 6.45) is -0.441. The molecule has 0 fully saturated rings. The summed E-state index contributed by atoms with van der Waals surface area (Å²) in [6.45, 7) is 1.88. The predicted molar refractivity (Wildman–Crippen MR) is 86.1 cm³/mol. The van der Waals surface area contributed by atoms with Crippen molar-refractivity contribution in [2.75, 3.05) is 19.0 Å². The lowest BCUT2D eigenvalue weighted by Gasteiger charge is -2.13. The van der Waals surface area contributed by atoms with E-state index >= 15 is 0 Å². The van der Waals surface area contributed by atoms with Crippen LogP contribution in [0.5, 0.6) is 11.5 Å². The molecule has 0 aliphatic rings. The van der Waals surface area contributed by atoms with Crippen LogP contribution in [0.25, 0.3) is 0 Å². The van der Waals surface area contributed by atoms with E-state index < -0.39 is 12.0 Å². The Bertz CT molecular complexity index is 674. The summed E-state index contributed by atoms with van der Waals surface area (Å²) in [5, 5.41) is 23.6. The molecule has 0 unspecified atom stereocenters. The van der Waals surface area contributed by atoms with E-state index in [9.17, 15) is 9.90 Å². The molecule has 0 aliphatic carbocycles. The third kappa shape index (κ3) is 4.92. The number of phenols is 1. The van der Waals surface area contributed by atoms with Crippen LogP contribution in [-0.4, -0.2) is 40.9 Å².